The van der Waals surface area contributed by atoms with Crippen LogP contribution in [0.4, 0.5) is 0 Å². The highest BCUT2D eigenvalue weighted by atomic mass is 16.7. The maximum atomic E-state index is 11.7. The number of hydrogen-bond donors (Lipinski definition) is 1. The van der Waals surface area contributed by atoms with Crippen LogP contribution < -0.4 is 5.32 Å². The molecule has 0 aliphatic heterocycles. The van der Waals surface area contributed by atoms with Crippen LogP contribution in [0.2, 0.25) is 0 Å². The highest BCUT2D eigenvalue weighted by molar-refractivity contribution is 5.78. The highest BCUT2D eigenvalue weighted by Gasteiger charge is 2.09. The van der Waals surface area contributed by atoms with Crippen LogP contribution in [-0.4, -0.2) is 33.0 Å². The largest absolute Gasteiger partial charge is 0.354 e. The Labute approximate surface area is 102 Å². The minimum Gasteiger partial charge on any atom is -0.354 e. The van der Waals surface area contributed by atoms with Crippen molar-refractivity contribution in [2.24, 2.45) is 0 Å². The maximum Gasteiger partial charge on any atom is 0.224 e. The standard InChI is InChI=1S/C13H19NO3/c1-10-6-4-5-7-11(10)8-12(15)14-9-13(16-2)17-3/h4-7,13H,8-9H2,1-3H3,(H,14,15). The van der Waals surface area contributed by atoms with Gasteiger partial charge in [-0.05, 0) is 18.1 Å². The molecule has 0 atom stereocenters. The summed E-state index contributed by atoms with van der Waals surface area (Å²) in [4.78, 5) is 11.7. The van der Waals surface area contributed by atoms with E-state index in [0.29, 0.717) is 13.0 Å². The predicted molar refractivity (Wildman–Crippen MR) is 65.7 cm³/mol. The lowest BCUT2D eigenvalue weighted by atomic mass is 10.1. The third-order valence-corrected chi connectivity index (χ3v) is 2.60. The Hall–Kier alpha value is -1.39. The molecule has 0 unspecified atom stereocenters. The second-order valence-electron chi connectivity index (χ2n) is 3.81. The number of rotatable bonds is 6. The van der Waals surface area contributed by atoms with Gasteiger partial charge < -0.3 is 14.8 Å². The van der Waals surface area contributed by atoms with E-state index in [-0.39, 0.29) is 5.91 Å². The van der Waals surface area contributed by atoms with Crippen LogP contribution in [0.15, 0.2) is 24.3 Å². The summed E-state index contributed by atoms with van der Waals surface area (Å²) in [5.41, 5.74) is 2.16. The van der Waals surface area contributed by atoms with Crippen LogP contribution in [0.5, 0.6) is 0 Å². The Bertz CT molecular complexity index is 361. The van der Waals surface area contributed by atoms with E-state index in [4.69, 9.17) is 9.47 Å². The number of ether oxygens (including phenoxy) is 2. The molecule has 1 rings (SSSR count). The first-order valence-corrected chi connectivity index (χ1v) is 5.54. The van der Waals surface area contributed by atoms with E-state index in [1.807, 2.05) is 31.2 Å². The number of amides is 1. The number of carbonyl (C=O) groups excluding carboxylic acids is 1. The Balaban J connectivity index is 2.42. The smallest absolute Gasteiger partial charge is 0.224 e. The molecule has 1 aromatic carbocycles. The molecule has 0 fully saturated rings. The molecule has 4 nitrogen and oxygen atoms in total. The summed E-state index contributed by atoms with van der Waals surface area (Å²) < 4.78 is 9.97. The zero-order chi connectivity index (χ0) is 12.7. The molecular weight excluding hydrogens is 218 g/mol. The van der Waals surface area contributed by atoms with Crippen molar-refractivity contribution in [3.8, 4) is 0 Å². The topological polar surface area (TPSA) is 47.6 Å². The summed E-state index contributed by atoms with van der Waals surface area (Å²) in [6.45, 7) is 2.35. The molecule has 0 aliphatic rings. The molecule has 1 N–H and O–H groups in total. The number of nitrogens with one attached hydrogen (secondary N) is 1. The zero-order valence-corrected chi connectivity index (χ0v) is 10.5. The van der Waals surface area contributed by atoms with Crippen LogP contribution in [0.25, 0.3) is 0 Å². The second-order valence-corrected chi connectivity index (χ2v) is 3.81. The molecule has 17 heavy (non-hydrogen) atoms. The lowest BCUT2D eigenvalue weighted by Crippen LogP contribution is -2.35. The maximum absolute atomic E-state index is 11.7. The van der Waals surface area contributed by atoms with E-state index in [0.717, 1.165) is 11.1 Å². The summed E-state index contributed by atoms with van der Waals surface area (Å²) in [6.07, 6.45) is -0.0110. The van der Waals surface area contributed by atoms with Crippen molar-refractivity contribution >= 4 is 5.91 Å². The monoisotopic (exact) mass is 237 g/mol. The van der Waals surface area contributed by atoms with Gasteiger partial charge in [0.15, 0.2) is 6.29 Å². The molecule has 4 heteroatoms. The summed E-state index contributed by atoms with van der Waals surface area (Å²) in [6, 6.07) is 7.85. The van der Waals surface area contributed by atoms with Crippen molar-refractivity contribution in [1.29, 1.82) is 0 Å². The lowest BCUT2D eigenvalue weighted by Gasteiger charge is -2.14. The molecule has 0 aliphatic carbocycles. The molecule has 0 radical (unpaired) electrons. The van der Waals surface area contributed by atoms with E-state index in [2.05, 4.69) is 5.32 Å². The number of hydrogen-bond acceptors (Lipinski definition) is 3. The molecule has 1 aromatic rings. The molecule has 0 bridgehead atoms. The lowest BCUT2D eigenvalue weighted by molar-refractivity contribution is -0.126. The summed E-state index contributed by atoms with van der Waals surface area (Å²) in [5.74, 6) is -0.0293. The molecule has 94 valence electrons. The average Bonchev–Trinajstić information content (AvgIpc) is 2.33. The first-order chi connectivity index (χ1) is 8.17. The van der Waals surface area contributed by atoms with Gasteiger partial charge in [-0.25, -0.2) is 0 Å². The van der Waals surface area contributed by atoms with Crippen molar-refractivity contribution < 1.29 is 14.3 Å². The normalized spacial score (nSPS) is 10.6. The van der Waals surface area contributed by atoms with E-state index in [1.54, 1.807) is 14.2 Å². The van der Waals surface area contributed by atoms with Crippen LogP contribution in [0, 0.1) is 6.92 Å². The summed E-state index contributed by atoms with van der Waals surface area (Å²) in [7, 11) is 3.09. The van der Waals surface area contributed by atoms with Gasteiger partial charge >= 0.3 is 0 Å². The Morgan fingerprint density at radius 1 is 1.29 bits per heavy atom. The fourth-order valence-corrected chi connectivity index (χ4v) is 1.50. The van der Waals surface area contributed by atoms with Crippen LogP contribution in [0.3, 0.4) is 0 Å². The highest BCUT2D eigenvalue weighted by Crippen LogP contribution is 2.07. The summed E-state index contributed by atoms with van der Waals surface area (Å²) >= 11 is 0. The first kappa shape index (κ1) is 13.7. The van der Waals surface area contributed by atoms with Crippen molar-refractivity contribution in [1.82, 2.24) is 5.32 Å². The molecule has 0 saturated carbocycles. The van der Waals surface area contributed by atoms with Gasteiger partial charge in [-0.3, -0.25) is 4.79 Å². The van der Waals surface area contributed by atoms with Crippen LogP contribution in [-0.2, 0) is 20.7 Å². The van der Waals surface area contributed by atoms with E-state index >= 15 is 0 Å². The third kappa shape index (κ3) is 4.54. The van der Waals surface area contributed by atoms with Gasteiger partial charge in [-0.1, -0.05) is 24.3 Å². The van der Waals surface area contributed by atoms with Gasteiger partial charge in [0.05, 0.1) is 13.0 Å². The molecule has 0 aromatic heterocycles. The van der Waals surface area contributed by atoms with Crippen LogP contribution in [0.1, 0.15) is 11.1 Å². The van der Waals surface area contributed by atoms with E-state index < -0.39 is 6.29 Å². The fourth-order valence-electron chi connectivity index (χ4n) is 1.50. The SMILES string of the molecule is COC(CNC(=O)Cc1ccccc1C)OC. The Morgan fingerprint density at radius 3 is 2.53 bits per heavy atom. The quantitative estimate of drug-likeness (QED) is 0.758. The van der Waals surface area contributed by atoms with Gasteiger partial charge in [0.2, 0.25) is 5.91 Å². The molecular formula is C13H19NO3. The Kier molecular flexibility index (Phi) is 5.66. The number of methoxy groups -OCH3 is 2. The fraction of sp³-hybridized carbons (Fsp3) is 0.462. The van der Waals surface area contributed by atoms with Crippen molar-refractivity contribution in [2.75, 3.05) is 20.8 Å². The third-order valence-electron chi connectivity index (χ3n) is 2.60. The van der Waals surface area contributed by atoms with Gasteiger partial charge in [0.1, 0.15) is 0 Å². The van der Waals surface area contributed by atoms with Gasteiger partial charge in [0.25, 0.3) is 0 Å². The number of benzene rings is 1. The van der Waals surface area contributed by atoms with Crippen molar-refractivity contribution in [3.05, 3.63) is 35.4 Å². The van der Waals surface area contributed by atoms with E-state index in [9.17, 15) is 4.79 Å². The number of carbonyl (C=O) groups is 1. The number of aryl methyl sites for hydroxylation is 1. The zero-order valence-electron chi connectivity index (χ0n) is 10.5. The molecule has 1 amide bonds. The first-order valence-electron chi connectivity index (χ1n) is 5.54. The van der Waals surface area contributed by atoms with Gasteiger partial charge in [-0.15, -0.1) is 0 Å². The van der Waals surface area contributed by atoms with Gasteiger partial charge in [-0.2, -0.15) is 0 Å². The Morgan fingerprint density at radius 2 is 1.94 bits per heavy atom. The van der Waals surface area contributed by atoms with Crippen molar-refractivity contribution in [2.45, 2.75) is 19.6 Å². The van der Waals surface area contributed by atoms with E-state index in [1.165, 1.54) is 0 Å². The van der Waals surface area contributed by atoms with Gasteiger partial charge in [0, 0.05) is 14.2 Å². The minimum atomic E-state index is -0.393. The average molecular weight is 237 g/mol. The molecule has 0 spiro atoms. The minimum absolute atomic E-state index is 0.0293. The van der Waals surface area contributed by atoms with Crippen molar-refractivity contribution in [3.63, 3.8) is 0 Å². The van der Waals surface area contributed by atoms with Crippen LogP contribution >= 0.6 is 0 Å². The second kappa shape index (κ2) is 7.04. The summed E-state index contributed by atoms with van der Waals surface area (Å²) in [5, 5.41) is 2.77. The molecule has 0 saturated heterocycles. The predicted octanol–water partition coefficient (Wildman–Crippen LogP) is 1.27. The molecule has 0 heterocycles.